The van der Waals surface area contributed by atoms with Crippen LogP contribution in [-0.2, 0) is 33.9 Å². The van der Waals surface area contributed by atoms with Crippen molar-refractivity contribution >= 4 is 29.6 Å². The first-order valence-electron chi connectivity index (χ1n) is 13.1. The van der Waals surface area contributed by atoms with Crippen molar-refractivity contribution < 1.29 is 42.3 Å². The number of rotatable bonds is 3. The Labute approximate surface area is 241 Å². The van der Waals surface area contributed by atoms with E-state index in [2.05, 4.69) is 25.2 Å². The number of amides is 4. The molecule has 1 fully saturated rings. The van der Waals surface area contributed by atoms with Gasteiger partial charge in [-0.05, 0) is 31.0 Å². The zero-order valence-corrected chi connectivity index (χ0v) is 22.7. The largest absolute Gasteiger partial charge is 0.490 e. The van der Waals surface area contributed by atoms with Gasteiger partial charge in [-0.2, -0.15) is 13.2 Å². The number of carbonyl (C=O) groups is 5. The summed E-state index contributed by atoms with van der Waals surface area (Å²) >= 11 is 0. The van der Waals surface area contributed by atoms with Crippen LogP contribution in [0.15, 0.2) is 30.6 Å². The lowest BCUT2D eigenvalue weighted by Gasteiger charge is -2.29. The Balaban J connectivity index is 0.000000472. The second-order valence-corrected chi connectivity index (χ2v) is 10.1. The zero-order chi connectivity index (χ0) is 31.1. The SMILES string of the molecule is Cc1cnc2n1CCN(C(=O)c1cn(-c3ccc4c(c3)C(=O)N(C3CCC(=O)NC3=O)C4)nn1)CC2.O=C(O)C(F)(F)F. The number of imide groups is 1. The molecule has 0 radical (unpaired) electrons. The number of aliphatic carboxylic acids is 1. The van der Waals surface area contributed by atoms with E-state index in [1.54, 1.807) is 23.2 Å². The van der Waals surface area contributed by atoms with Crippen molar-refractivity contribution in [1.82, 2.24) is 39.7 Å². The van der Waals surface area contributed by atoms with E-state index in [1.165, 1.54) is 9.58 Å². The highest BCUT2D eigenvalue weighted by Crippen LogP contribution is 2.29. The van der Waals surface area contributed by atoms with Crippen molar-refractivity contribution in [3.63, 3.8) is 0 Å². The summed E-state index contributed by atoms with van der Waals surface area (Å²) in [7, 11) is 0. The third kappa shape index (κ3) is 5.96. The number of fused-ring (bicyclic) bond motifs is 2. The fraction of sp³-hybridized carbons (Fsp3) is 0.385. The fourth-order valence-corrected chi connectivity index (χ4v) is 5.12. The highest BCUT2D eigenvalue weighted by molar-refractivity contribution is 6.05. The predicted molar refractivity (Wildman–Crippen MR) is 138 cm³/mol. The van der Waals surface area contributed by atoms with E-state index in [4.69, 9.17) is 9.90 Å². The van der Waals surface area contributed by atoms with E-state index < -0.39 is 24.1 Å². The molecule has 2 N–H and O–H groups in total. The van der Waals surface area contributed by atoms with Crippen molar-refractivity contribution in [2.45, 2.75) is 51.5 Å². The van der Waals surface area contributed by atoms with Crippen LogP contribution in [0.4, 0.5) is 13.2 Å². The van der Waals surface area contributed by atoms with Crippen LogP contribution in [0.3, 0.4) is 0 Å². The number of carbonyl (C=O) groups excluding carboxylic acids is 4. The van der Waals surface area contributed by atoms with Crippen LogP contribution >= 0.6 is 0 Å². The second-order valence-electron chi connectivity index (χ2n) is 10.1. The molecule has 6 rings (SSSR count). The van der Waals surface area contributed by atoms with Crippen LogP contribution in [-0.4, -0.2) is 94.4 Å². The van der Waals surface area contributed by atoms with Gasteiger partial charge in [-0.1, -0.05) is 11.3 Å². The predicted octanol–water partition coefficient (Wildman–Crippen LogP) is 0.865. The number of imidazole rings is 1. The maximum absolute atomic E-state index is 13.1. The molecule has 0 saturated carbocycles. The monoisotopic (exact) mass is 602 g/mol. The number of aryl methyl sites for hydroxylation is 1. The van der Waals surface area contributed by atoms with Gasteiger partial charge in [0.2, 0.25) is 11.8 Å². The Bertz CT molecular complexity index is 1630. The lowest BCUT2D eigenvalue weighted by Crippen LogP contribution is -2.52. The first-order chi connectivity index (χ1) is 20.3. The molecule has 1 aromatic carbocycles. The number of aromatic nitrogens is 5. The Morgan fingerprint density at radius 1 is 1.09 bits per heavy atom. The van der Waals surface area contributed by atoms with Crippen LogP contribution < -0.4 is 5.32 Å². The van der Waals surface area contributed by atoms with Crippen LogP contribution in [0.25, 0.3) is 5.69 Å². The number of benzene rings is 1. The first kappa shape index (κ1) is 29.4. The lowest BCUT2D eigenvalue weighted by molar-refractivity contribution is -0.192. The average Bonchev–Trinajstić information content (AvgIpc) is 3.62. The van der Waals surface area contributed by atoms with Gasteiger partial charge in [0.15, 0.2) is 5.69 Å². The number of hydrogen-bond acceptors (Lipinski definition) is 8. The van der Waals surface area contributed by atoms with Crippen LogP contribution in [0.2, 0.25) is 0 Å². The molecule has 0 bridgehead atoms. The molecule has 17 heteroatoms. The highest BCUT2D eigenvalue weighted by atomic mass is 19.4. The summed E-state index contributed by atoms with van der Waals surface area (Å²) in [4.78, 5) is 66.6. The van der Waals surface area contributed by atoms with Gasteiger partial charge in [0.1, 0.15) is 11.9 Å². The number of carboxylic acid groups (broad SMARTS) is 1. The summed E-state index contributed by atoms with van der Waals surface area (Å²) in [5, 5.41) is 17.6. The number of nitrogens with zero attached hydrogens (tertiary/aromatic N) is 7. The van der Waals surface area contributed by atoms with Crippen molar-refractivity contribution in [1.29, 1.82) is 0 Å². The van der Waals surface area contributed by atoms with Gasteiger partial charge in [-0.25, -0.2) is 14.5 Å². The molecule has 2 aromatic heterocycles. The third-order valence-corrected chi connectivity index (χ3v) is 7.36. The molecule has 1 saturated heterocycles. The van der Waals surface area contributed by atoms with E-state index in [0.717, 1.165) is 17.1 Å². The minimum Gasteiger partial charge on any atom is -0.475 e. The standard InChI is InChI=1S/C24H24N8O4.C2HF3O2/c1-14-11-25-20-6-7-29(8-9-30(14)20)24(36)18-13-32(28-27-18)16-3-2-15-12-31(23(35)17(15)10-16)19-4-5-21(33)26-22(19)34;3-2(4,5)1(6)7/h2-3,10-11,13,19H,4-9,12H2,1H3,(H,26,33,34);(H,6,7). The minimum absolute atomic E-state index is 0.203. The topological polar surface area (TPSA) is 173 Å². The summed E-state index contributed by atoms with van der Waals surface area (Å²) in [5.74, 6) is -3.02. The average molecular weight is 603 g/mol. The molecular formula is C26H25F3N8O6. The number of carboxylic acids is 1. The summed E-state index contributed by atoms with van der Waals surface area (Å²) in [6.07, 6.45) is -0.482. The number of piperidine rings is 1. The lowest BCUT2D eigenvalue weighted by atomic mass is 10.0. The summed E-state index contributed by atoms with van der Waals surface area (Å²) < 4.78 is 35.3. The molecule has 0 spiro atoms. The van der Waals surface area contributed by atoms with E-state index in [-0.39, 0.29) is 29.8 Å². The molecule has 1 atom stereocenters. The summed E-state index contributed by atoms with van der Waals surface area (Å²) in [5.41, 5.74) is 3.15. The van der Waals surface area contributed by atoms with Crippen LogP contribution in [0, 0.1) is 6.92 Å². The fourth-order valence-electron chi connectivity index (χ4n) is 5.12. The van der Waals surface area contributed by atoms with Gasteiger partial charge < -0.3 is 19.5 Å². The van der Waals surface area contributed by atoms with Crippen LogP contribution in [0.5, 0.6) is 0 Å². The third-order valence-electron chi connectivity index (χ3n) is 7.36. The molecule has 3 aromatic rings. The maximum atomic E-state index is 13.1. The molecule has 3 aliphatic rings. The van der Waals surface area contributed by atoms with Crippen molar-refractivity contribution in [2.75, 3.05) is 13.1 Å². The van der Waals surface area contributed by atoms with Gasteiger partial charge in [0.05, 0.1) is 11.9 Å². The van der Waals surface area contributed by atoms with Crippen molar-refractivity contribution in [3.8, 4) is 5.69 Å². The van der Waals surface area contributed by atoms with Gasteiger partial charge >= 0.3 is 12.1 Å². The molecule has 14 nitrogen and oxygen atoms in total. The van der Waals surface area contributed by atoms with E-state index in [9.17, 15) is 32.3 Å². The smallest absolute Gasteiger partial charge is 0.475 e. The van der Waals surface area contributed by atoms with E-state index in [0.29, 0.717) is 50.3 Å². The first-order valence-corrected chi connectivity index (χ1v) is 13.1. The number of hydrogen-bond donors (Lipinski definition) is 2. The number of alkyl halides is 3. The normalized spacial score (nSPS) is 18.3. The molecule has 43 heavy (non-hydrogen) atoms. The highest BCUT2D eigenvalue weighted by Gasteiger charge is 2.39. The molecule has 0 aliphatic carbocycles. The summed E-state index contributed by atoms with van der Waals surface area (Å²) in [6.45, 7) is 4.08. The molecule has 5 heterocycles. The molecular weight excluding hydrogens is 577 g/mol. The van der Waals surface area contributed by atoms with Gasteiger partial charge in [-0.3, -0.25) is 24.5 Å². The van der Waals surface area contributed by atoms with Gasteiger partial charge in [0, 0.05) is 56.5 Å². The van der Waals surface area contributed by atoms with Gasteiger partial charge in [-0.15, -0.1) is 5.10 Å². The number of halogens is 3. The van der Waals surface area contributed by atoms with Crippen LogP contribution in [0.1, 0.15) is 50.8 Å². The Morgan fingerprint density at radius 3 is 2.53 bits per heavy atom. The quantitative estimate of drug-likeness (QED) is 0.413. The van der Waals surface area contributed by atoms with E-state index >= 15 is 0 Å². The maximum Gasteiger partial charge on any atom is 0.490 e. The molecule has 226 valence electrons. The molecule has 1 unspecified atom stereocenters. The van der Waals surface area contributed by atoms with Crippen molar-refractivity contribution in [3.05, 3.63) is 58.9 Å². The van der Waals surface area contributed by atoms with Gasteiger partial charge in [0.25, 0.3) is 11.8 Å². The Hall–Kier alpha value is -5.09. The Kier molecular flexibility index (Phi) is 7.72. The second kappa shape index (κ2) is 11.3. The number of nitrogens with one attached hydrogen (secondary N) is 1. The molecule has 3 aliphatic heterocycles. The minimum atomic E-state index is -5.08. The van der Waals surface area contributed by atoms with Crippen molar-refractivity contribution in [2.24, 2.45) is 0 Å². The zero-order valence-electron chi connectivity index (χ0n) is 22.7. The van der Waals surface area contributed by atoms with E-state index in [1.807, 2.05) is 19.2 Å². The Morgan fingerprint density at radius 2 is 1.84 bits per heavy atom. The summed E-state index contributed by atoms with van der Waals surface area (Å²) in [6, 6.07) is 4.64. The molecule has 4 amide bonds.